The molecule has 0 unspecified atom stereocenters. The molecule has 1 aliphatic rings. The lowest BCUT2D eigenvalue weighted by atomic mass is 10.1. The molecule has 7 heteroatoms. The predicted octanol–water partition coefficient (Wildman–Crippen LogP) is 2.23. The second kappa shape index (κ2) is 6.96. The Hall–Kier alpha value is -2.83. The van der Waals surface area contributed by atoms with E-state index in [1.165, 1.54) is 20.5 Å². The minimum absolute atomic E-state index is 0.208. The third-order valence-corrected chi connectivity index (χ3v) is 4.29. The van der Waals surface area contributed by atoms with Gasteiger partial charge in [-0.05, 0) is 18.1 Å². The topological polar surface area (TPSA) is 67.8 Å². The maximum Gasteiger partial charge on any atom is 0.269 e. The van der Waals surface area contributed by atoms with Gasteiger partial charge in [0, 0.05) is 20.1 Å². The first kappa shape index (κ1) is 17.0. The SMILES string of the molecule is COc1ncnc(OC)c1C(=O)N1C[C@@H](C)CN(C)c2ccccc21. The lowest BCUT2D eigenvalue weighted by Crippen LogP contribution is -2.35. The van der Waals surface area contributed by atoms with Crippen LogP contribution >= 0.6 is 0 Å². The lowest BCUT2D eigenvalue weighted by molar-refractivity contribution is 0.0976. The molecule has 0 radical (unpaired) electrons. The molecule has 0 N–H and O–H groups in total. The predicted molar refractivity (Wildman–Crippen MR) is 95.7 cm³/mol. The van der Waals surface area contributed by atoms with Crippen LogP contribution in [0.3, 0.4) is 0 Å². The van der Waals surface area contributed by atoms with Gasteiger partial charge in [-0.15, -0.1) is 0 Å². The van der Waals surface area contributed by atoms with Gasteiger partial charge < -0.3 is 19.3 Å². The Bertz CT molecular complexity index is 758. The Morgan fingerprint density at radius 2 is 1.68 bits per heavy atom. The molecule has 1 aromatic carbocycles. The van der Waals surface area contributed by atoms with Crippen LogP contribution < -0.4 is 19.3 Å². The average molecular weight is 342 g/mol. The fourth-order valence-corrected chi connectivity index (χ4v) is 3.22. The Kier molecular flexibility index (Phi) is 4.74. The van der Waals surface area contributed by atoms with Crippen molar-refractivity contribution in [2.45, 2.75) is 6.92 Å². The van der Waals surface area contributed by atoms with Crippen LogP contribution in [0, 0.1) is 5.92 Å². The van der Waals surface area contributed by atoms with Crippen molar-refractivity contribution in [2.24, 2.45) is 5.92 Å². The van der Waals surface area contributed by atoms with Crippen molar-refractivity contribution in [1.29, 1.82) is 0 Å². The van der Waals surface area contributed by atoms with Gasteiger partial charge in [0.05, 0.1) is 25.6 Å². The van der Waals surface area contributed by atoms with E-state index >= 15 is 0 Å². The first-order chi connectivity index (χ1) is 12.1. The number of rotatable bonds is 3. The molecule has 132 valence electrons. The third kappa shape index (κ3) is 3.09. The number of fused-ring (bicyclic) bond motifs is 1. The number of hydrogen-bond acceptors (Lipinski definition) is 6. The average Bonchev–Trinajstić information content (AvgIpc) is 2.76. The number of carbonyl (C=O) groups excluding carboxylic acids is 1. The highest BCUT2D eigenvalue weighted by Gasteiger charge is 2.31. The zero-order chi connectivity index (χ0) is 18.0. The maximum absolute atomic E-state index is 13.4. The standard InChI is InChI=1S/C18H22N4O3/c1-12-9-21(2)13-7-5-6-8-14(13)22(10-12)18(23)15-16(24-3)19-11-20-17(15)25-4/h5-8,11-12H,9-10H2,1-4H3/t12-/m0/s1. The zero-order valence-corrected chi connectivity index (χ0v) is 14.9. The van der Waals surface area contributed by atoms with Gasteiger partial charge in [-0.2, -0.15) is 0 Å². The van der Waals surface area contributed by atoms with Crippen molar-refractivity contribution < 1.29 is 14.3 Å². The summed E-state index contributed by atoms with van der Waals surface area (Å²) in [7, 11) is 4.99. The number of anilines is 2. The van der Waals surface area contributed by atoms with Crippen molar-refractivity contribution >= 4 is 17.3 Å². The first-order valence-corrected chi connectivity index (χ1v) is 8.11. The van der Waals surface area contributed by atoms with E-state index in [1.54, 1.807) is 4.90 Å². The maximum atomic E-state index is 13.4. The molecule has 0 saturated heterocycles. The van der Waals surface area contributed by atoms with Gasteiger partial charge in [-0.25, -0.2) is 9.97 Å². The molecular weight excluding hydrogens is 320 g/mol. The molecule has 0 fully saturated rings. The smallest absolute Gasteiger partial charge is 0.269 e. The summed E-state index contributed by atoms with van der Waals surface area (Å²) in [6.07, 6.45) is 1.32. The molecule has 1 amide bonds. The van der Waals surface area contributed by atoms with Gasteiger partial charge in [0.2, 0.25) is 11.8 Å². The summed E-state index contributed by atoms with van der Waals surface area (Å²) in [4.78, 5) is 25.4. The van der Waals surface area contributed by atoms with Gasteiger partial charge in [0.25, 0.3) is 5.91 Å². The lowest BCUT2D eigenvalue weighted by Gasteiger charge is -2.25. The molecular formula is C18H22N4O3. The van der Waals surface area contributed by atoms with Crippen LogP contribution in [0.4, 0.5) is 11.4 Å². The van der Waals surface area contributed by atoms with Crippen molar-refractivity contribution in [2.75, 3.05) is 44.2 Å². The highest BCUT2D eigenvalue weighted by Crippen LogP contribution is 2.35. The number of carbonyl (C=O) groups is 1. The van der Waals surface area contributed by atoms with Gasteiger partial charge in [0.1, 0.15) is 6.33 Å². The molecule has 7 nitrogen and oxygen atoms in total. The van der Waals surface area contributed by atoms with Gasteiger partial charge in [0.15, 0.2) is 5.56 Å². The number of benzene rings is 1. The minimum atomic E-state index is -0.233. The van der Waals surface area contributed by atoms with E-state index in [9.17, 15) is 4.79 Å². The van der Waals surface area contributed by atoms with Crippen molar-refractivity contribution in [3.63, 3.8) is 0 Å². The molecule has 3 rings (SSSR count). The van der Waals surface area contributed by atoms with Crippen LogP contribution in [0.25, 0.3) is 0 Å². The van der Waals surface area contributed by atoms with E-state index in [-0.39, 0.29) is 23.2 Å². The van der Waals surface area contributed by atoms with E-state index < -0.39 is 0 Å². The van der Waals surface area contributed by atoms with E-state index in [1.807, 2.05) is 31.3 Å². The Balaban J connectivity index is 2.12. The number of aromatic nitrogens is 2. The van der Waals surface area contributed by atoms with Crippen molar-refractivity contribution in [1.82, 2.24) is 9.97 Å². The highest BCUT2D eigenvalue weighted by molar-refractivity contribution is 6.10. The summed E-state index contributed by atoms with van der Waals surface area (Å²) in [5, 5.41) is 0. The molecule has 1 aliphatic heterocycles. The number of nitrogens with zero attached hydrogens (tertiary/aromatic N) is 4. The number of methoxy groups -OCH3 is 2. The number of ether oxygens (including phenoxy) is 2. The number of para-hydroxylation sites is 2. The van der Waals surface area contributed by atoms with Gasteiger partial charge >= 0.3 is 0 Å². The largest absolute Gasteiger partial charge is 0.480 e. The van der Waals surface area contributed by atoms with E-state index in [2.05, 4.69) is 21.8 Å². The molecule has 0 aliphatic carbocycles. The first-order valence-electron chi connectivity index (χ1n) is 8.11. The summed E-state index contributed by atoms with van der Waals surface area (Å²) in [5.41, 5.74) is 2.10. The molecule has 25 heavy (non-hydrogen) atoms. The van der Waals surface area contributed by atoms with Crippen LogP contribution in [0.15, 0.2) is 30.6 Å². The molecule has 2 heterocycles. The number of hydrogen-bond donors (Lipinski definition) is 0. The fourth-order valence-electron chi connectivity index (χ4n) is 3.22. The quantitative estimate of drug-likeness (QED) is 0.852. The van der Waals surface area contributed by atoms with E-state index in [0.717, 1.165) is 17.9 Å². The summed E-state index contributed by atoms with van der Waals surface area (Å²) in [6.45, 7) is 3.57. The fraction of sp³-hybridized carbons (Fsp3) is 0.389. The van der Waals surface area contributed by atoms with Crippen LogP contribution in [0.5, 0.6) is 11.8 Å². The molecule has 0 saturated carbocycles. The molecule has 2 aromatic rings. The minimum Gasteiger partial charge on any atom is -0.480 e. The molecule has 0 spiro atoms. The number of amides is 1. The van der Waals surface area contributed by atoms with Crippen molar-refractivity contribution in [3.8, 4) is 11.8 Å². The Labute approximate surface area is 147 Å². The molecule has 1 aromatic heterocycles. The Morgan fingerprint density at radius 1 is 1.08 bits per heavy atom. The third-order valence-electron chi connectivity index (χ3n) is 4.29. The normalized spacial score (nSPS) is 16.9. The van der Waals surface area contributed by atoms with Gasteiger partial charge in [-0.3, -0.25) is 4.79 Å². The molecule has 1 atom stereocenters. The van der Waals surface area contributed by atoms with Crippen LogP contribution in [0.2, 0.25) is 0 Å². The Morgan fingerprint density at radius 3 is 2.28 bits per heavy atom. The van der Waals surface area contributed by atoms with Crippen molar-refractivity contribution in [3.05, 3.63) is 36.2 Å². The monoisotopic (exact) mass is 342 g/mol. The second-order valence-electron chi connectivity index (χ2n) is 6.16. The zero-order valence-electron chi connectivity index (χ0n) is 14.9. The van der Waals surface area contributed by atoms with Crippen LogP contribution in [-0.4, -0.2) is 50.2 Å². The second-order valence-corrected chi connectivity index (χ2v) is 6.16. The van der Waals surface area contributed by atoms with Crippen LogP contribution in [-0.2, 0) is 0 Å². The summed E-state index contributed by atoms with van der Waals surface area (Å²) in [5.74, 6) is 0.478. The summed E-state index contributed by atoms with van der Waals surface area (Å²) >= 11 is 0. The van der Waals surface area contributed by atoms with Gasteiger partial charge in [-0.1, -0.05) is 19.1 Å². The summed E-state index contributed by atoms with van der Waals surface area (Å²) < 4.78 is 10.6. The highest BCUT2D eigenvalue weighted by atomic mass is 16.5. The van der Waals surface area contributed by atoms with E-state index in [0.29, 0.717) is 12.5 Å². The van der Waals surface area contributed by atoms with Crippen LogP contribution in [0.1, 0.15) is 17.3 Å². The summed E-state index contributed by atoms with van der Waals surface area (Å²) in [6, 6.07) is 7.87. The van der Waals surface area contributed by atoms with E-state index in [4.69, 9.17) is 9.47 Å². The molecule has 0 bridgehead atoms.